The number of rotatable bonds is 7. The van der Waals surface area contributed by atoms with E-state index in [0.29, 0.717) is 12.7 Å². The molecule has 6 nitrogen and oxygen atoms in total. The largest absolute Gasteiger partial charge is 0.388 e. The lowest BCUT2D eigenvalue weighted by atomic mass is 10.1. The standard InChI is InChI=1S/C22H22ClN5.C3H4O/c1-4-15(23)10-18-13(2)8-19(27-18)17-11-25-22-21(17)28-20(12-26-22)14-6-5-7-16(9-14)24-3;1-2-3-4/h4-9,11-12,15,24,27H,1,10H2,2-3H3,(H,25,26);2-3H,1H2. The Bertz CT molecular complexity index is 1230. The highest BCUT2D eigenvalue weighted by molar-refractivity contribution is 6.21. The van der Waals surface area contributed by atoms with Crippen molar-refractivity contribution in [1.82, 2.24) is 19.9 Å². The van der Waals surface area contributed by atoms with Crippen molar-refractivity contribution in [2.75, 3.05) is 12.4 Å². The lowest BCUT2D eigenvalue weighted by Gasteiger charge is -2.05. The van der Waals surface area contributed by atoms with Gasteiger partial charge in [0.1, 0.15) is 11.8 Å². The molecule has 3 aromatic heterocycles. The van der Waals surface area contributed by atoms with E-state index >= 15 is 0 Å². The van der Waals surface area contributed by atoms with Gasteiger partial charge in [-0.05, 0) is 36.8 Å². The molecule has 0 radical (unpaired) electrons. The Morgan fingerprint density at radius 3 is 2.75 bits per heavy atom. The zero-order chi connectivity index (χ0) is 23.1. The number of hydrogen-bond donors (Lipinski definition) is 3. The van der Waals surface area contributed by atoms with E-state index < -0.39 is 0 Å². The number of fused-ring (bicyclic) bond motifs is 1. The molecule has 0 spiro atoms. The van der Waals surface area contributed by atoms with Crippen molar-refractivity contribution in [3.05, 3.63) is 79.3 Å². The average molecular weight is 448 g/mol. The topological polar surface area (TPSA) is 86.5 Å². The van der Waals surface area contributed by atoms with Gasteiger partial charge in [0, 0.05) is 47.9 Å². The van der Waals surface area contributed by atoms with Gasteiger partial charge in [-0.3, -0.25) is 4.79 Å². The zero-order valence-electron chi connectivity index (χ0n) is 18.2. The molecule has 7 heteroatoms. The number of allylic oxidation sites excluding steroid dienone is 2. The SMILES string of the molecule is C=CC(Cl)Cc1[nH]c(-c2c[nH]c3ncc(-c4cccc(NC)c4)nc23)cc1C.C=CC=O. The van der Waals surface area contributed by atoms with Gasteiger partial charge in [-0.25, -0.2) is 9.97 Å². The number of nitrogens with one attached hydrogen (secondary N) is 3. The number of aldehydes is 1. The third-order valence-corrected chi connectivity index (χ3v) is 5.32. The minimum absolute atomic E-state index is 0.0981. The van der Waals surface area contributed by atoms with Crippen molar-refractivity contribution in [3.63, 3.8) is 0 Å². The monoisotopic (exact) mass is 447 g/mol. The molecule has 1 unspecified atom stereocenters. The maximum absolute atomic E-state index is 9.06. The minimum atomic E-state index is -0.0981. The summed E-state index contributed by atoms with van der Waals surface area (Å²) >= 11 is 6.24. The maximum atomic E-state index is 9.06. The smallest absolute Gasteiger partial charge is 0.156 e. The first-order valence-corrected chi connectivity index (χ1v) is 10.6. The summed E-state index contributed by atoms with van der Waals surface area (Å²) in [4.78, 5) is 25.2. The average Bonchev–Trinajstić information content (AvgIpc) is 3.41. The van der Waals surface area contributed by atoms with E-state index in [-0.39, 0.29) is 5.38 Å². The number of aromatic nitrogens is 4. The molecule has 0 saturated heterocycles. The van der Waals surface area contributed by atoms with Gasteiger partial charge in [-0.2, -0.15) is 0 Å². The number of carbonyl (C=O) groups is 1. The Kier molecular flexibility index (Phi) is 7.63. The number of benzene rings is 1. The summed E-state index contributed by atoms with van der Waals surface area (Å²) in [6.45, 7) is 8.95. The number of hydrogen-bond acceptors (Lipinski definition) is 4. The summed E-state index contributed by atoms with van der Waals surface area (Å²) in [5.41, 5.74) is 8.77. The van der Waals surface area contributed by atoms with Crippen LogP contribution in [-0.4, -0.2) is 38.6 Å². The molecule has 164 valence electrons. The molecular weight excluding hydrogens is 422 g/mol. The quantitative estimate of drug-likeness (QED) is 0.147. The fourth-order valence-corrected chi connectivity index (χ4v) is 3.46. The molecule has 0 aliphatic rings. The highest BCUT2D eigenvalue weighted by atomic mass is 35.5. The van der Waals surface area contributed by atoms with Gasteiger partial charge >= 0.3 is 0 Å². The van der Waals surface area contributed by atoms with E-state index in [1.54, 1.807) is 12.3 Å². The molecule has 3 N–H and O–H groups in total. The van der Waals surface area contributed by atoms with Crippen LogP contribution in [0.4, 0.5) is 5.69 Å². The summed E-state index contributed by atoms with van der Waals surface area (Å²) < 4.78 is 0. The van der Waals surface area contributed by atoms with Crippen LogP contribution in [0.2, 0.25) is 0 Å². The number of nitrogens with zero attached hydrogens (tertiary/aromatic N) is 2. The molecule has 3 heterocycles. The number of H-pyrrole nitrogens is 2. The Labute approximate surface area is 192 Å². The maximum Gasteiger partial charge on any atom is 0.156 e. The second-order valence-electron chi connectivity index (χ2n) is 7.16. The van der Waals surface area contributed by atoms with Crippen molar-refractivity contribution in [1.29, 1.82) is 0 Å². The van der Waals surface area contributed by atoms with Crippen LogP contribution in [0.1, 0.15) is 11.3 Å². The fraction of sp³-hybridized carbons (Fsp3) is 0.160. The Morgan fingerprint density at radius 2 is 2.06 bits per heavy atom. The molecule has 4 rings (SSSR count). The number of aromatic amines is 2. The number of anilines is 1. The van der Waals surface area contributed by atoms with Crippen LogP contribution in [0.3, 0.4) is 0 Å². The van der Waals surface area contributed by atoms with Crippen LogP contribution in [0.15, 0.2) is 68.0 Å². The van der Waals surface area contributed by atoms with E-state index in [1.165, 1.54) is 11.6 Å². The Balaban J connectivity index is 0.000000668. The molecule has 0 saturated carbocycles. The predicted molar refractivity (Wildman–Crippen MR) is 133 cm³/mol. The second kappa shape index (κ2) is 10.6. The number of halogens is 1. The Hall–Kier alpha value is -3.64. The lowest BCUT2D eigenvalue weighted by molar-refractivity contribution is -0.104. The number of aryl methyl sites for hydroxylation is 1. The summed E-state index contributed by atoms with van der Waals surface area (Å²) in [6, 6.07) is 10.3. The van der Waals surface area contributed by atoms with E-state index in [0.717, 1.165) is 45.1 Å². The van der Waals surface area contributed by atoms with Crippen LogP contribution < -0.4 is 5.32 Å². The van der Waals surface area contributed by atoms with Gasteiger partial charge in [0.25, 0.3) is 0 Å². The van der Waals surface area contributed by atoms with Gasteiger partial charge in [0.15, 0.2) is 5.65 Å². The third-order valence-electron chi connectivity index (χ3n) is 4.99. The molecule has 0 amide bonds. The van der Waals surface area contributed by atoms with Gasteiger partial charge in [-0.15, -0.1) is 18.2 Å². The fourth-order valence-electron chi connectivity index (χ4n) is 3.31. The van der Waals surface area contributed by atoms with Crippen LogP contribution in [0.25, 0.3) is 33.7 Å². The summed E-state index contributed by atoms with van der Waals surface area (Å²) in [5, 5.41) is 3.06. The van der Waals surface area contributed by atoms with Crippen LogP contribution in [0.5, 0.6) is 0 Å². The second-order valence-corrected chi connectivity index (χ2v) is 7.72. The van der Waals surface area contributed by atoms with Crippen LogP contribution in [0, 0.1) is 6.92 Å². The first-order valence-electron chi connectivity index (χ1n) is 10.1. The zero-order valence-corrected chi connectivity index (χ0v) is 18.9. The molecule has 1 aromatic carbocycles. The number of carbonyl (C=O) groups excluding carboxylic acids is 1. The van der Waals surface area contributed by atoms with Crippen LogP contribution in [-0.2, 0) is 11.2 Å². The van der Waals surface area contributed by atoms with Gasteiger partial charge in [-0.1, -0.05) is 24.8 Å². The third kappa shape index (κ3) is 5.15. The van der Waals surface area contributed by atoms with Crippen molar-refractivity contribution in [3.8, 4) is 22.5 Å². The van der Waals surface area contributed by atoms with Gasteiger partial charge in [0.2, 0.25) is 0 Å². The van der Waals surface area contributed by atoms with E-state index in [4.69, 9.17) is 21.4 Å². The van der Waals surface area contributed by atoms with Crippen molar-refractivity contribution in [2.45, 2.75) is 18.7 Å². The molecule has 0 fully saturated rings. The van der Waals surface area contributed by atoms with E-state index in [1.807, 2.05) is 31.4 Å². The lowest BCUT2D eigenvalue weighted by Crippen LogP contribution is -2.00. The van der Waals surface area contributed by atoms with Crippen LogP contribution >= 0.6 is 11.6 Å². The summed E-state index contributed by atoms with van der Waals surface area (Å²) in [5.74, 6) is 0. The van der Waals surface area contributed by atoms with E-state index in [2.05, 4.69) is 52.5 Å². The highest BCUT2D eigenvalue weighted by Crippen LogP contribution is 2.30. The molecule has 1 atom stereocenters. The molecule has 0 aliphatic heterocycles. The highest BCUT2D eigenvalue weighted by Gasteiger charge is 2.15. The first-order chi connectivity index (χ1) is 15.5. The van der Waals surface area contributed by atoms with Crippen molar-refractivity contribution in [2.24, 2.45) is 0 Å². The molecular formula is C25H26ClN5O. The first kappa shape index (κ1) is 23.0. The normalized spacial score (nSPS) is 11.3. The number of alkyl halides is 1. The summed E-state index contributed by atoms with van der Waals surface area (Å²) in [7, 11) is 1.90. The molecule has 0 aliphatic carbocycles. The van der Waals surface area contributed by atoms with E-state index in [9.17, 15) is 0 Å². The summed E-state index contributed by atoms with van der Waals surface area (Å²) in [6.07, 6.45) is 8.04. The predicted octanol–water partition coefficient (Wildman–Crippen LogP) is 5.68. The molecule has 32 heavy (non-hydrogen) atoms. The Morgan fingerprint density at radius 1 is 1.28 bits per heavy atom. The van der Waals surface area contributed by atoms with Crippen molar-refractivity contribution < 1.29 is 4.79 Å². The van der Waals surface area contributed by atoms with Gasteiger partial charge < -0.3 is 15.3 Å². The van der Waals surface area contributed by atoms with Crippen molar-refractivity contribution >= 4 is 34.7 Å². The molecule has 0 bridgehead atoms. The van der Waals surface area contributed by atoms with Gasteiger partial charge in [0.05, 0.1) is 17.3 Å². The molecule has 4 aromatic rings. The minimum Gasteiger partial charge on any atom is -0.388 e.